The van der Waals surface area contributed by atoms with E-state index in [1.165, 1.54) is 23.9 Å². The minimum absolute atomic E-state index is 0.00401. The van der Waals surface area contributed by atoms with Crippen LogP contribution in [0.2, 0.25) is 0 Å². The van der Waals surface area contributed by atoms with Crippen LogP contribution < -0.4 is 20.4 Å². The van der Waals surface area contributed by atoms with Gasteiger partial charge < -0.3 is 20.4 Å². The number of hydrogen-bond acceptors (Lipinski definition) is 10. The van der Waals surface area contributed by atoms with Gasteiger partial charge in [-0.2, -0.15) is 0 Å². The third-order valence-electron chi connectivity index (χ3n) is 9.30. The minimum Gasteiger partial charge on any atom is -0.340 e. The van der Waals surface area contributed by atoms with Crippen molar-refractivity contribution in [3.63, 3.8) is 0 Å². The number of amides is 4. The summed E-state index contributed by atoms with van der Waals surface area (Å²) >= 11 is 2.28. The van der Waals surface area contributed by atoms with Gasteiger partial charge >= 0.3 is 0 Å². The van der Waals surface area contributed by atoms with Crippen molar-refractivity contribution in [3.05, 3.63) is 142 Å². The minimum atomic E-state index is -1.52. The molecule has 2 N–H and O–H groups in total. The van der Waals surface area contributed by atoms with Gasteiger partial charge in [-0.05, 0) is 113 Å². The zero-order valence-corrected chi connectivity index (χ0v) is 32.4. The second kappa shape index (κ2) is 17.0. The second-order valence-corrected chi connectivity index (χ2v) is 14.9. The Morgan fingerprint density at radius 1 is 0.576 bits per heavy atom. The third kappa shape index (κ3) is 9.21. The van der Waals surface area contributed by atoms with Gasteiger partial charge in [0.1, 0.15) is 52.2 Å². The van der Waals surface area contributed by atoms with E-state index in [4.69, 9.17) is 0 Å². The monoisotopic (exact) mass is 844 g/mol. The number of anilines is 2. The molecule has 1 unspecified atom stereocenters. The van der Waals surface area contributed by atoms with Gasteiger partial charge in [-0.15, -0.1) is 10.2 Å². The number of aromatic nitrogens is 4. The van der Waals surface area contributed by atoms with E-state index in [1.807, 2.05) is 0 Å². The standard InChI is InChI=1S/C40H29F5N8O4S2/c1-52(27-4-7-35-31(18-27)48-50-58-35)39(56)33(13-20-9-23(41)16-24(42)10-20)46-37(54)22-3-6-30(45)29(15-22)38(55)47-34(14-21-11-25(43)17-26(44)12-21)40(57)53(2)28-5-8-36-32(19-28)49-51-59-36/h3-12,15-19,33-34H,13-14H2,1-2H3,(H,46,54)(H,47,55)/t33-,34?/m0/s1. The summed E-state index contributed by atoms with van der Waals surface area (Å²) < 4.78 is 81.5. The maximum absolute atomic E-state index is 15.4. The first-order valence-corrected chi connectivity index (χ1v) is 19.1. The van der Waals surface area contributed by atoms with Crippen LogP contribution >= 0.6 is 23.1 Å². The molecule has 0 aliphatic heterocycles. The van der Waals surface area contributed by atoms with Crippen molar-refractivity contribution >= 4 is 78.5 Å². The first-order chi connectivity index (χ1) is 28.2. The van der Waals surface area contributed by atoms with Crippen LogP contribution in [-0.4, -0.2) is 69.0 Å². The Morgan fingerprint density at radius 2 is 1.02 bits per heavy atom. The molecule has 4 amide bonds. The lowest BCUT2D eigenvalue weighted by atomic mass is 10.0. The molecule has 0 saturated heterocycles. The molecule has 0 aliphatic rings. The molecule has 59 heavy (non-hydrogen) atoms. The maximum Gasteiger partial charge on any atom is 0.254 e. The lowest BCUT2D eigenvalue weighted by molar-refractivity contribution is -0.120. The Labute approximate surface area is 339 Å². The zero-order valence-electron chi connectivity index (χ0n) is 30.8. The molecular weight excluding hydrogens is 816 g/mol. The molecule has 5 aromatic carbocycles. The highest BCUT2D eigenvalue weighted by atomic mass is 32.1. The average Bonchev–Trinajstić information content (AvgIpc) is 3.88. The van der Waals surface area contributed by atoms with Crippen LogP contribution in [0.4, 0.5) is 33.3 Å². The summed E-state index contributed by atoms with van der Waals surface area (Å²) in [6, 6.07) is 14.9. The third-order valence-corrected chi connectivity index (χ3v) is 10.7. The fourth-order valence-corrected chi connectivity index (χ4v) is 7.40. The predicted molar refractivity (Wildman–Crippen MR) is 211 cm³/mol. The fraction of sp³-hybridized carbons (Fsp3) is 0.150. The molecule has 2 heterocycles. The number of benzene rings is 5. The van der Waals surface area contributed by atoms with E-state index in [0.29, 0.717) is 34.5 Å². The van der Waals surface area contributed by atoms with Crippen molar-refractivity contribution in [1.29, 1.82) is 0 Å². The Morgan fingerprint density at radius 3 is 1.47 bits per heavy atom. The summed E-state index contributed by atoms with van der Waals surface area (Å²) in [5.74, 6) is -8.34. The van der Waals surface area contributed by atoms with Gasteiger partial charge in [-0.25, -0.2) is 22.0 Å². The largest absolute Gasteiger partial charge is 0.340 e. The predicted octanol–water partition coefficient (Wildman–Crippen LogP) is 6.40. The highest BCUT2D eigenvalue weighted by Gasteiger charge is 2.30. The molecule has 0 aliphatic carbocycles. The van der Waals surface area contributed by atoms with E-state index in [2.05, 4.69) is 29.8 Å². The average molecular weight is 845 g/mol. The molecule has 2 aromatic heterocycles. The van der Waals surface area contributed by atoms with Gasteiger partial charge in [0.15, 0.2) is 0 Å². The zero-order chi connectivity index (χ0) is 42.0. The Bertz CT molecular complexity index is 2730. The van der Waals surface area contributed by atoms with E-state index in [1.54, 1.807) is 36.4 Å². The van der Waals surface area contributed by atoms with Gasteiger partial charge in [-0.1, -0.05) is 8.98 Å². The number of nitrogens with zero attached hydrogens (tertiary/aromatic N) is 6. The van der Waals surface area contributed by atoms with E-state index < -0.39 is 76.8 Å². The Kier molecular flexibility index (Phi) is 11.7. The quantitative estimate of drug-likeness (QED) is 0.134. The van der Waals surface area contributed by atoms with Crippen molar-refractivity contribution in [2.45, 2.75) is 24.9 Å². The molecule has 7 rings (SSSR count). The first kappa shape index (κ1) is 40.5. The molecule has 0 radical (unpaired) electrons. The van der Waals surface area contributed by atoms with Crippen molar-refractivity contribution in [2.75, 3.05) is 23.9 Å². The topological polar surface area (TPSA) is 150 Å². The summed E-state index contributed by atoms with van der Waals surface area (Å²) in [6.07, 6.45) is -0.793. The SMILES string of the molecule is CN(C(=O)C(Cc1cc(F)cc(F)c1)NC(=O)c1cc(C(=O)N[C@@H](Cc2cc(F)cc(F)c2)C(=O)N(C)c2ccc3snnc3c2)ccc1F)c1ccc2snnc2c1. The van der Waals surface area contributed by atoms with Crippen LogP contribution in [0, 0.1) is 29.1 Å². The van der Waals surface area contributed by atoms with Crippen molar-refractivity contribution < 1.29 is 41.1 Å². The van der Waals surface area contributed by atoms with Crippen LogP contribution in [0.15, 0.2) is 91.0 Å². The highest BCUT2D eigenvalue weighted by molar-refractivity contribution is 7.13. The molecule has 2 atom stereocenters. The normalized spacial score (nSPS) is 12.3. The molecule has 12 nitrogen and oxygen atoms in total. The van der Waals surface area contributed by atoms with Crippen LogP contribution in [0.5, 0.6) is 0 Å². The summed E-state index contributed by atoms with van der Waals surface area (Å²) in [7, 11) is 2.83. The Hall–Kier alpha value is -6.73. The summed E-state index contributed by atoms with van der Waals surface area (Å²) in [6.45, 7) is 0. The lowest BCUT2D eigenvalue weighted by Crippen LogP contribution is -2.49. The molecule has 0 bridgehead atoms. The number of nitrogens with one attached hydrogen (secondary N) is 2. The van der Waals surface area contributed by atoms with Crippen LogP contribution in [0.3, 0.4) is 0 Å². The van der Waals surface area contributed by atoms with Gasteiger partial charge in [0.2, 0.25) is 11.8 Å². The number of carbonyl (C=O) groups excluding carboxylic acids is 4. The second-order valence-electron chi connectivity index (χ2n) is 13.4. The number of rotatable bonds is 12. The van der Waals surface area contributed by atoms with Crippen molar-refractivity contribution in [1.82, 2.24) is 29.8 Å². The fourth-order valence-electron chi connectivity index (χ4n) is 6.33. The maximum atomic E-state index is 15.4. The molecule has 19 heteroatoms. The van der Waals surface area contributed by atoms with E-state index in [-0.39, 0.29) is 23.1 Å². The van der Waals surface area contributed by atoms with Gasteiger partial charge in [0.25, 0.3) is 11.8 Å². The lowest BCUT2D eigenvalue weighted by Gasteiger charge is -2.26. The van der Waals surface area contributed by atoms with E-state index >= 15 is 4.39 Å². The smallest absolute Gasteiger partial charge is 0.254 e. The number of carbonyl (C=O) groups is 4. The highest BCUT2D eigenvalue weighted by Crippen LogP contribution is 2.25. The number of hydrogen-bond donors (Lipinski definition) is 2. The molecule has 300 valence electrons. The molecule has 0 saturated carbocycles. The van der Waals surface area contributed by atoms with Gasteiger partial charge in [0, 0.05) is 56.0 Å². The van der Waals surface area contributed by atoms with E-state index in [9.17, 15) is 36.7 Å². The molecule has 0 spiro atoms. The Balaban J connectivity index is 1.15. The molecular formula is C40H29F5N8O4S2. The number of likely N-dealkylation sites (N-methyl/N-ethyl adjacent to an activating group) is 2. The number of fused-ring (bicyclic) bond motifs is 2. The van der Waals surface area contributed by atoms with Crippen molar-refractivity contribution in [3.8, 4) is 0 Å². The summed E-state index contributed by atoms with van der Waals surface area (Å²) in [5.41, 5.74) is 0.777. The van der Waals surface area contributed by atoms with E-state index in [0.717, 1.165) is 74.9 Å². The summed E-state index contributed by atoms with van der Waals surface area (Å²) in [5, 5.41) is 13.0. The molecule has 7 aromatic rings. The van der Waals surface area contributed by atoms with Crippen LogP contribution in [0.1, 0.15) is 31.8 Å². The van der Waals surface area contributed by atoms with Crippen molar-refractivity contribution in [2.24, 2.45) is 0 Å². The van der Waals surface area contributed by atoms with Gasteiger partial charge in [-0.3, -0.25) is 19.2 Å². The first-order valence-electron chi connectivity index (χ1n) is 17.5. The van der Waals surface area contributed by atoms with Crippen LogP contribution in [0.25, 0.3) is 20.4 Å². The summed E-state index contributed by atoms with van der Waals surface area (Å²) in [4.78, 5) is 57.9. The van der Waals surface area contributed by atoms with Gasteiger partial charge in [0.05, 0.1) is 15.0 Å². The molecule has 0 fully saturated rings. The van der Waals surface area contributed by atoms with Crippen LogP contribution in [-0.2, 0) is 22.4 Å². The number of halogens is 5.